The van der Waals surface area contributed by atoms with Crippen LogP contribution in [0.1, 0.15) is 30.9 Å². The van der Waals surface area contributed by atoms with Gasteiger partial charge in [0.1, 0.15) is 6.04 Å². The molecular weight excluding hydrogens is 300 g/mol. The Morgan fingerprint density at radius 3 is 2.48 bits per heavy atom. The van der Waals surface area contributed by atoms with Crippen LogP contribution in [0.2, 0.25) is 0 Å². The summed E-state index contributed by atoms with van der Waals surface area (Å²) in [4.78, 5) is 23.5. The summed E-state index contributed by atoms with van der Waals surface area (Å²) >= 11 is 0. The number of benzene rings is 1. The van der Waals surface area contributed by atoms with Crippen molar-refractivity contribution in [3.8, 4) is 0 Å². The van der Waals surface area contributed by atoms with Gasteiger partial charge in [0.2, 0.25) is 6.10 Å². The molecular formula is C16H22N2O5. The van der Waals surface area contributed by atoms with Crippen molar-refractivity contribution in [2.75, 3.05) is 13.1 Å². The first-order valence-corrected chi connectivity index (χ1v) is 7.69. The number of hydrogen-bond donors (Lipinski definition) is 4. The zero-order valence-electron chi connectivity index (χ0n) is 12.8. The number of hydrogen-bond acceptors (Lipinski definition) is 6. The van der Waals surface area contributed by atoms with Gasteiger partial charge in [0, 0.05) is 6.42 Å². The number of hydroxylamine groups is 1. The van der Waals surface area contributed by atoms with E-state index in [9.17, 15) is 19.9 Å². The van der Waals surface area contributed by atoms with Crippen molar-refractivity contribution in [2.45, 2.75) is 31.4 Å². The van der Waals surface area contributed by atoms with Gasteiger partial charge < -0.3 is 20.4 Å². The van der Waals surface area contributed by atoms with Gasteiger partial charge in [-0.2, -0.15) is 5.48 Å². The second kappa shape index (κ2) is 8.61. The molecule has 0 amide bonds. The average molecular weight is 322 g/mol. The number of piperidine rings is 1. The van der Waals surface area contributed by atoms with E-state index < -0.39 is 24.1 Å². The van der Waals surface area contributed by atoms with Crippen LogP contribution in [0.5, 0.6) is 0 Å². The van der Waals surface area contributed by atoms with Crippen LogP contribution in [-0.2, 0) is 14.3 Å². The van der Waals surface area contributed by atoms with Gasteiger partial charge in [-0.1, -0.05) is 30.3 Å². The highest BCUT2D eigenvalue weighted by molar-refractivity contribution is 5.79. The molecule has 0 radical (unpaired) electrons. The molecule has 0 unspecified atom stereocenters. The van der Waals surface area contributed by atoms with E-state index in [4.69, 9.17) is 4.74 Å². The van der Waals surface area contributed by atoms with Crippen LogP contribution in [0, 0.1) is 5.92 Å². The maximum Gasteiger partial charge on any atom is 0.347 e. The smallest absolute Gasteiger partial charge is 0.347 e. The molecule has 23 heavy (non-hydrogen) atoms. The minimum Gasteiger partial charge on any atom is -0.478 e. The third kappa shape index (κ3) is 5.02. The molecule has 126 valence electrons. The minimum absolute atomic E-state index is 0.193. The van der Waals surface area contributed by atoms with Gasteiger partial charge in [-0.25, -0.2) is 4.79 Å². The van der Waals surface area contributed by atoms with Crippen LogP contribution in [0.3, 0.4) is 0 Å². The zero-order chi connectivity index (χ0) is 16.7. The van der Waals surface area contributed by atoms with E-state index in [-0.39, 0.29) is 12.3 Å². The maximum absolute atomic E-state index is 12.1. The van der Waals surface area contributed by atoms with E-state index in [1.165, 1.54) is 0 Å². The largest absolute Gasteiger partial charge is 0.478 e. The van der Waals surface area contributed by atoms with Crippen LogP contribution in [-0.4, -0.2) is 41.4 Å². The van der Waals surface area contributed by atoms with Crippen molar-refractivity contribution in [1.29, 1.82) is 0 Å². The summed E-state index contributed by atoms with van der Waals surface area (Å²) in [5.41, 5.74) is 2.47. The lowest BCUT2D eigenvalue weighted by Gasteiger charge is -2.25. The predicted molar refractivity (Wildman–Crippen MR) is 81.8 cm³/mol. The number of rotatable bonds is 7. The minimum atomic E-state index is -1.49. The Bertz CT molecular complexity index is 516. The fourth-order valence-corrected chi connectivity index (χ4v) is 2.75. The van der Waals surface area contributed by atoms with Gasteiger partial charge in [0.05, 0.1) is 0 Å². The highest BCUT2D eigenvalue weighted by Crippen LogP contribution is 2.22. The van der Waals surface area contributed by atoms with E-state index in [0.717, 1.165) is 25.9 Å². The van der Waals surface area contributed by atoms with Gasteiger partial charge in [-0.15, -0.1) is 0 Å². The van der Waals surface area contributed by atoms with Gasteiger partial charge in [-0.05, 0) is 37.4 Å². The van der Waals surface area contributed by atoms with Crippen LogP contribution in [0.4, 0.5) is 0 Å². The maximum atomic E-state index is 12.1. The van der Waals surface area contributed by atoms with Gasteiger partial charge >= 0.3 is 11.9 Å². The molecule has 1 aliphatic heterocycles. The van der Waals surface area contributed by atoms with Crippen molar-refractivity contribution >= 4 is 11.9 Å². The summed E-state index contributed by atoms with van der Waals surface area (Å²) in [6, 6.07) is 7.50. The highest BCUT2D eigenvalue weighted by atomic mass is 16.6. The first-order chi connectivity index (χ1) is 11.1. The molecule has 7 heteroatoms. The molecule has 2 rings (SSSR count). The molecule has 1 fully saturated rings. The lowest BCUT2D eigenvalue weighted by Crippen LogP contribution is -2.40. The lowest BCUT2D eigenvalue weighted by atomic mass is 9.95. The molecule has 1 saturated heterocycles. The van der Waals surface area contributed by atoms with Gasteiger partial charge in [0.25, 0.3) is 0 Å². The van der Waals surface area contributed by atoms with E-state index in [2.05, 4.69) is 5.32 Å². The molecule has 0 aliphatic carbocycles. The second-order valence-corrected chi connectivity index (χ2v) is 5.66. The average Bonchev–Trinajstić information content (AvgIpc) is 2.56. The lowest BCUT2D eigenvalue weighted by molar-refractivity contribution is -0.169. The molecule has 1 aromatic carbocycles. The Labute approximate surface area is 134 Å². The number of carboxylic acids is 1. The third-order valence-corrected chi connectivity index (χ3v) is 4.02. The fourth-order valence-electron chi connectivity index (χ4n) is 2.75. The standard InChI is InChI=1S/C16H22N2O5/c19-13(10-11-6-8-17-9-7-11)23-15(16(20)21)14(18-22)12-4-2-1-3-5-12/h1-5,11,14-15,17-18,22H,6-10H2,(H,20,21)/t14-,15+/m0/s1. The van der Waals surface area contributed by atoms with Crippen molar-refractivity contribution in [1.82, 2.24) is 10.8 Å². The monoisotopic (exact) mass is 322 g/mol. The van der Waals surface area contributed by atoms with Crippen molar-refractivity contribution < 1.29 is 24.6 Å². The van der Waals surface area contributed by atoms with Crippen LogP contribution in [0.25, 0.3) is 0 Å². The summed E-state index contributed by atoms with van der Waals surface area (Å²) in [5, 5.41) is 21.9. The number of nitrogens with one attached hydrogen (secondary N) is 2. The van der Waals surface area contributed by atoms with E-state index >= 15 is 0 Å². The Balaban J connectivity index is 2.02. The Kier molecular flexibility index (Phi) is 6.52. The number of carbonyl (C=O) groups excluding carboxylic acids is 1. The molecule has 2 atom stereocenters. The van der Waals surface area contributed by atoms with Crippen LogP contribution in [0.15, 0.2) is 30.3 Å². The Morgan fingerprint density at radius 1 is 1.26 bits per heavy atom. The first kappa shape index (κ1) is 17.4. The zero-order valence-corrected chi connectivity index (χ0v) is 12.8. The highest BCUT2D eigenvalue weighted by Gasteiger charge is 2.33. The fraction of sp³-hybridized carbons (Fsp3) is 0.500. The molecule has 0 bridgehead atoms. The molecule has 1 aliphatic rings. The molecule has 0 spiro atoms. The number of carboxylic acid groups (broad SMARTS) is 1. The van der Waals surface area contributed by atoms with E-state index in [1.807, 2.05) is 5.48 Å². The number of carbonyl (C=O) groups is 2. The first-order valence-electron chi connectivity index (χ1n) is 7.69. The van der Waals surface area contributed by atoms with Gasteiger partial charge in [0.15, 0.2) is 0 Å². The SMILES string of the molecule is O=C(CC1CCNCC1)O[C@@H](C(=O)O)[C@@H](NO)c1ccccc1. The quantitative estimate of drug-likeness (QED) is 0.439. The summed E-state index contributed by atoms with van der Waals surface area (Å²) in [7, 11) is 0. The number of aliphatic carboxylic acids is 1. The molecule has 0 saturated carbocycles. The summed E-state index contributed by atoms with van der Waals surface area (Å²) in [6.45, 7) is 1.70. The molecule has 4 N–H and O–H groups in total. The summed E-state index contributed by atoms with van der Waals surface area (Å²) in [5.74, 6) is -1.66. The van der Waals surface area contributed by atoms with Crippen LogP contribution < -0.4 is 10.8 Å². The summed E-state index contributed by atoms with van der Waals surface area (Å²) < 4.78 is 5.14. The van der Waals surface area contributed by atoms with Crippen molar-refractivity contribution in [2.24, 2.45) is 5.92 Å². The predicted octanol–water partition coefficient (Wildman–Crippen LogP) is 1.09. The Morgan fingerprint density at radius 2 is 1.91 bits per heavy atom. The molecule has 7 nitrogen and oxygen atoms in total. The summed E-state index contributed by atoms with van der Waals surface area (Å²) in [6.07, 6.45) is 0.440. The molecule has 0 aromatic heterocycles. The topological polar surface area (TPSA) is 108 Å². The molecule has 1 heterocycles. The number of esters is 1. The van der Waals surface area contributed by atoms with Gasteiger partial charge in [-0.3, -0.25) is 4.79 Å². The number of ether oxygens (including phenoxy) is 1. The third-order valence-electron chi connectivity index (χ3n) is 4.02. The van der Waals surface area contributed by atoms with E-state index in [1.54, 1.807) is 30.3 Å². The van der Waals surface area contributed by atoms with Crippen molar-refractivity contribution in [3.63, 3.8) is 0 Å². The van der Waals surface area contributed by atoms with Crippen LogP contribution >= 0.6 is 0 Å². The normalized spacial score (nSPS) is 18.1. The Hall–Kier alpha value is -1.96. The molecule has 1 aromatic rings. The van der Waals surface area contributed by atoms with Crippen molar-refractivity contribution in [3.05, 3.63) is 35.9 Å². The second-order valence-electron chi connectivity index (χ2n) is 5.66. The van der Waals surface area contributed by atoms with E-state index in [0.29, 0.717) is 5.56 Å².